The highest BCUT2D eigenvalue weighted by molar-refractivity contribution is 5.40. The number of hydrogen-bond donors (Lipinski definition) is 1. The Morgan fingerprint density at radius 3 is 2.90 bits per heavy atom. The number of aryl methyl sites for hydroxylation is 2. The summed E-state index contributed by atoms with van der Waals surface area (Å²) in [5, 5.41) is 4.00. The van der Waals surface area contributed by atoms with Gasteiger partial charge in [0.15, 0.2) is 0 Å². The number of hydrogen-bond acceptors (Lipinski definition) is 5. The van der Waals surface area contributed by atoms with Crippen LogP contribution in [0.3, 0.4) is 0 Å². The lowest BCUT2D eigenvalue weighted by atomic mass is 10.1. The first-order chi connectivity index (χ1) is 9.72. The third-order valence-electron chi connectivity index (χ3n) is 3.19. The van der Waals surface area contributed by atoms with Gasteiger partial charge in [-0.25, -0.2) is 0 Å². The van der Waals surface area contributed by atoms with E-state index in [0.29, 0.717) is 18.1 Å². The van der Waals surface area contributed by atoms with E-state index in [1.165, 1.54) is 5.56 Å². The van der Waals surface area contributed by atoms with Crippen LogP contribution in [0.4, 0.5) is 5.69 Å². The van der Waals surface area contributed by atoms with Crippen LogP contribution in [0.15, 0.2) is 28.8 Å². The average Bonchev–Trinajstić information content (AvgIpc) is 2.91. The Hall–Kier alpha value is -1.88. The summed E-state index contributed by atoms with van der Waals surface area (Å²) in [5.41, 5.74) is 7.70. The van der Waals surface area contributed by atoms with Crippen LogP contribution in [0, 0.1) is 0 Å². The van der Waals surface area contributed by atoms with Gasteiger partial charge < -0.3 is 15.0 Å². The molecule has 0 aliphatic heterocycles. The van der Waals surface area contributed by atoms with E-state index >= 15 is 0 Å². The lowest BCUT2D eigenvalue weighted by Gasteiger charge is -2.08. The van der Waals surface area contributed by atoms with Gasteiger partial charge in [-0.3, -0.25) is 0 Å². The normalized spacial score (nSPS) is 12.5. The van der Waals surface area contributed by atoms with Crippen LogP contribution in [-0.2, 0) is 17.6 Å². The third-order valence-corrected chi connectivity index (χ3v) is 3.19. The predicted octanol–water partition coefficient (Wildman–Crippen LogP) is 2.92. The maximum Gasteiger partial charge on any atom is 0.227 e. The van der Waals surface area contributed by atoms with E-state index in [-0.39, 0.29) is 6.10 Å². The maximum absolute atomic E-state index is 5.75. The maximum atomic E-state index is 5.75. The van der Waals surface area contributed by atoms with E-state index in [2.05, 4.69) is 17.1 Å². The number of benzene rings is 1. The Morgan fingerprint density at radius 1 is 1.35 bits per heavy atom. The molecule has 0 aliphatic carbocycles. The van der Waals surface area contributed by atoms with Crippen molar-refractivity contribution in [3.8, 4) is 0 Å². The van der Waals surface area contributed by atoms with Crippen molar-refractivity contribution in [3.05, 3.63) is 41.5 Å². The first kappa shape index (κ1) is 14.5. The molecule has 0 aliphatic rings. The van der Waals surface area contributed by atoms with Crippen LogP contribution in [-0.4, -0.2) is 17.3 Å². The summed E-state index contributed by atoms with van der Waals surface area (Å²) in [6, 6.07) is 7.84. The van der Waals surface area contributed by atoms with Crippen LogP contribution in [0.5, 0.6) is 0 Å². The number of anilines is 1. The van der Waals surface area contributed by atoms with Gasteiger partial charge in [-0.2, -0.15) is 4.98 Å². The fraction of sp³-hybridized carbons (Fsp3) is 0.467. The number of nitrogen functional groups attached to an aromatic ring is 1. The number of nitrogens with two attached hydrogens (primary N) is 1. The molecule has 2 rings (SSSR count). The van der Waals surface area contributed by atoms with Gasteiger partial charge in [0, 0.05) is 19.2 Å². The molecule has 1 aromatic carbocycles. The van der Waals surface area contributed by atoms with E-state index in [9.17, 15) is 0 Å². The fourth-order valence-electron chi connectivity index (χ4n) is 2.11. The van der Waals surface area contributed by atoms with Crippen LogP contribution in [0.1, 0.15) is 43.1 Å². The molecule has 108 valence electrons. The predicted molar refractivity (Wildman–Crippen MR) is 77.2 cm³/mol. The molecule has 2 aromatic rings. The fourth-order valence-corrected chi connectivity index (χ4v) is 2.11. The molecule has 1 aromatic heterocycles. The quantitative estimate of drug-likeness (QED) is 0.786. The van der Waals surface area contributed by atoms with Crippen molar-refractivity contribution in [2.45, 2.75) is 38.7 Å². The van der Waals surface area contributed by atoms with Gasteiger partial charge >= 0.3 is 0 Å². The molecule has 0 saturated carbocycles. The Kier molecular flexibility index (Phi) is 5.12. The van der Waals surface area contributed by atoms with E-state index in [0.717, 1.165) is 24.9 Å². The number of rotatable bonds is 7. The van der Waals surface area contributed by atoms with Gasteiger partial charge in [0.2, 0.25) is 11.7 Å². The summed E-state index contributed by atoms with van der Waals surface area (Å²) < 4.78 is 10.6. The summed E-state index contributed by atoms with van der Waals surface area (Å²) in [4.78, 5) is 4.40. The molecule has 0 spiro atoms. The molecule has 20 heavy (non-hydrogen) atoms. The first-order valence-electron chi connectivity index (χ1n) is 6.92. The second kappa shape index (κ2) is 7.05. The molecule has 0 fully saturated rings. The largest absolute Gasteiger partial charge is 0.399 e. The van der Waals surface area contributed by atoms with Crippen LogP contribution in [0.2, 0.25) is 0 Å². The molecule has 1 unspecified atom stereocenters. The van der Waals surface area contributed by atoms with Crippen molar-refractivity contribution in [1.82, 2.24) is 10.1 Å². The van der Waals surface area contributed by atoms with Crippen molar-refractivity contribution in [1.29, 1.82) is 0 Å². The van der Waals surface area contributed by atoms with Crippen molar-refractivity contribution < 1.29 is 9.26 Å². The van der Waals surface area contributed by atoms with Crippen molar-refractivity contribution >= 4 is 5.69 Å². The Bertz CT molecular complexity index is 539. The zero-order valence-electron chi connectivity index (χ0n) is 12.0. The molecule has 0 bridgehead atoms. The van der Waals surface area contributed by atoms with E-state index in [1.54, 1.807) is 7.11 Å². The Labute approximate surface area is 119 Å². The van der Waals surface area contributed by atoms with Crippen LogP contribution >= 0.6 is 0 Å². The van der Waals surface area contributed by atoms with E-state index in [4.69, 9.17) is 15.0 Å². The second-order valence-electron chi connectivity index (χ2n) is 4.80. The number of nitrogens with zero attached hydrogens (tertiary/aromatic N) is 2. The molecule has 5 nitrogen and oxygen atoms in total. The van der Waals surface area contributed by atoms with Crippen molar-refractivity contribution in [2.24, 2.45) is 0 Å². The molecular formula is C15H21N3O2. The van der Waals surface area contributed by atoms with Crippen LogP contribution in [0.25, 0.3) is 0 Å². The topological polar surface area (TPSA) is 74.2 Å². The van der Waals surface area contributed by atoms with E-state index in [1.807, 2.05) is 24.3 Å². The third kappa shape index (κ3) is 3.81. The van der Waals surface area contributed by atoms with Crippen molar-refractivity contribution in [2.75, 3.05) is 12.8 Å². The van der Waals surface area contributed by atoms with Gasteiger partial charge in [0.25, 0.3) is 0 Å². The van der Waals surface area contributed by atoms with E-state index < -0.39 is 0 Å². The number of methoxy groups -OCH3 is 1. The standard InChI is InChI=1S/C15H21N3O2/c1-3-5-13(19-2)15-17-14(20-18-15)9-8-11-6-4-7-12(16)10-11/h4,6-7,10,13H,3,5,8-9,16H2,1-2H3. The lowest BCUT2D eigenvalue weighted by molar-refractivity contribution is 0.0854. The van der Waals surface area contributed by atoms with Crippen LogP contribution < -0.4 is 5.73 Å². The molecule has 5 heteroatoms. The minimum Gasteiger partial charge on any atom is -0.399 e. The number of aromatic nitrogens is 2. The van der Waals surface area contributed by atoms with Gasteiger partial charge in [-0.05, 0) is 30.5 Å². The summed E-state index contributed by atoms with van der Waals surface area (Å²) in [6.45, 7) is 2.10. The zero-order chi connectivity index (χ0) is 14.4. The Balaban J connectivity index is 1.95. The molecule has 2 N–H and O–H groups in total. The average molecular weight is 275 g/mol. The van der Waals surface area contributed by atoms with Gasteiger partial charge in [0.1, 0.15) is 6.10 Å². The second-order valence-corrected chi connectivity index (χ2v) is 4.80. The minimum atomic E-state index is -0.0788. The van der Waals surface area contributed by atoms with Gasteiger partial charge in [-0.1, -0.05) is 30.6 Å². The smallest absolute Gasteiger partial charge is 0.227 e. The molecular weight excluding hydrogens is 254 g/mol. The van der Waals surface area contributed by atoms with Gasteiger partial charge in [-0.15, -0.1) is 0 Å². The molecule has 1 heterocycles. The molecule has 0 radical (unpaired) electrons. The number of ether oxygens (including phenoxy) is 1. The summed E-state index contributed by atoms with van der Waals surface area (Å²) in [7, 11) is 1.67. The monoisotopic (exact) mass is 275 g/mol. The zero-order valence-corrected chi connectivity index (χ0v) is 12.0. The first-order valence-corrected chi connectivity index (χ1v) is 6.92. The summed E-state index contributed by atoms with van der Waals surface area (Å²) in [6.07, 6.45) is 3.37. The highest BCUT2D eigenvalue weighted by atomic mass is 16.5. The Morgan fingerprint density at radius 2 is 2.20 bits per heavy atom. The lowest BCUT2D eigenvalue weighted by Crippen LogP contribution is -2.03. The highest BCUT2D eigenvalue weighted by Crippen LogP contribution is 2.19. The molecule has 0 saturated heterocycles. The summed E-state index contributed by atoms with van der Waals surface area (Å²) in [5.74, 6) is 1.28. The van der Waals surface area contributed by atoms with Gasteiger partial charge in [0.05, 0.1) is 0 Å². The minimum absolute atomic E-state index is 0.0788. The highest BCUT2D eigenvalue weighted by Gasteiger charge is 2.16. The molecule has 1 atom stereocenters. The SMILES string of the molecule is CCCC(OC)c1noc(CCc2cccc(N)c2)n1. The molecule has 0 amide bonds. The summed E-state index contributed by atoms with van der Waals surface area (Å²) >= 11 is 0. The van der Waals surface area contributed by atoms with Crippen molar-refractivity contribution in [3.63, 3.8) is 0 Å².